The molecule has 0 aromatic carbocycles. The maximum Gasteiger partial charge on any atom is 0.270 e. The van der Waals surface area contributed by atoms with Gasteiger partial charge >= 0.3 is 0 Å². The molecule has 0 fully saturated rings. The minimum atomic E-state index is -4.53. The molecule has 0 radical (unpaired) electrons. The van der Waals surface area contributed by atoms with Gasteiger partial charge in [0.25, 0.3) is 10.1 Å². The van der Waals surface area contributed by atoms with Crippen LogP contribution in [0.4, 0.5) is 0 Å². The Balaban J connectivity index is 4.59. The van der Waals surface area contributed by atoms with E-state index < -0.39 is 42.3 Å². The molecule has 150 valence electrons. The van der Waals surface area contributed by atoms with Gasteiger partial charge in [-0.3, -0.25) is 4.55 Å². The number of hydrogen-bond acceptors (Lipinski definition) is 2. The van der Waals surface area contributed by atoms with Crippen LogP contribution in [-0.2, 0) is 10.1 Å². The van der Waals surface area contributed by atoms with Crippen molar-refractivity contribution < 1.29 is 13.0 Å². The van der Waals surface area contributed by atoms with Gasteiger partial charge in [0.1, 0.15) is 5.25 Å². The highest BCUT2D eigenvalue weighted by molar-refractivity contribution is 7.86. The Kier molecular flexibility index (Phi) is 14.3. The number of unbranched alkanes of at least 4 members (excludes halogenated alkanes) is 4. The lowest BCUT2D eigenvalue weighted by molar-refractivity contribution is 0.453. The van der Waals surface area contributed by atoms with Gasteiger partial charge in [0.15, 0.2) is 0 Å². The summed E-state index contributed by atoms with van der Waals surface area (Å²) in [6.07, 6.45) is 7.26. The molecule has 6 atom stereocenters. The predicted octanol–water partition coefficient (Wildman–Crippen LogP) is 6.39. The minimum Gasteiger partial charge on any atom is -0.285 e. The molecule has 0 saturated carbocycles. The summed E-state index contributed by atoms with van der Waals surface area (Å²) in [6, 6.07) is 0. The van der Waals surface area contributed by atoms with E-state index in [0.717, 1.165) is 32.1 Å². The largest absolute Gasteiger partial charge is 0.285 e. The first-order valence-corrected chi connectivity index (χ1v) is 12.1. The van der Waals surface area contributed by atoms with Crippen molar-refractivity contribution in [2.75, 3.05) is 0 Å². The molecule has 1 N–H and O–H groups in total. The van der Waals surface area contributed by atoms with E-state index in [1.165, 1.54) is 12.5 Å². The lowest BCUT2D eigenvalue weighted by atomic mass is 10.0. The average molecular weight is 497 g/mol. The first-order valence-electron chi connectivity index (χ1n) is 7.95. The zero-order chi connectivity index (χ0) is 19.6. The Morgan fingerprint density at radius 1 is 0.920 bits per heavy atom. The van der Waals surface area contributed by atoms with Crippen LogP contribution in [0.15, 0.2) is 11.6 Å². The first kappa shape index (κ1) is 26.4. The molecule has 0 rings (SSSR count). The summed E-state index contributed by atoms with van der Waals surface area (Å²) in [5.74, 6) is 0. The Morgan fingerprint density at radius 2 is 1.48 bits per heavy atom. The second-order valence-electron chi connectivity index (χ2n) is 5.86. The van der Waals surface area contributed by atoms with Gasteiger partial charge in [-0.1, -0.05) is 36.9 Å². The zero-order valence-corrected chi connectivity index (χ0v) is 19.2. The molecule has 0 bridgehead atoms. The summed E-state index contributed by atoms with van der Waals surface area (Å²) in [5, 5.41) is -5.93. The van der Waals surface area contributed by atoms with E-state index in [2.05, 4.69) is 0 Å². The molecule has 0 aliphatic carbocycles. The standard InChI is InChI=1S/C15H24Cl6O3S/c1-10(17)12(19)15(25(22,23)24)14(21)13(20)11(18)8-6-4-2-3-5-7-9-16/h7,9-15H,2-6,8H2,1H3,(H,22,23,24)/b9-7+/t10-,11-,12-,13+,14-,15-/m1/s1. The third-order valence-electron chi connectivity index (χ3n) is 3.75. The van der Waals surface area contributed by atoms with Gasteiger partial charge in [0.05, 0.1) is 21.5 Å². The van der Waals surface area contributed by atoms with Crippen LogP contribution >= 0.6 is 69.6 Å². The summed E-state index contributed by atoms with van der Waals surface area (Å²) >= 11 is 36.0. The number of alkyl halides is 5. The monoisotopic (exact) mass is 494 g/mol. The van der Waals surface area contributed by atoms with E-state index in [0.29, 0.717) is 6.42 Å². The molecule has 0 unspecified atom stereocenters. The fourth-order valence-electron chi connectivity index (χ4n) is 2.32. The molecule has 0 heterocycles. The third kappa shape index (κ3) is 10.5. The molecule has 25 heavy (non-hydrogen) atoms. The van der Waals surface area contributed by atoms with E-state index in [9.17, 15) is 13.0 Å². The molecular formula is C15H24Cl6O3S. The average Bonchev–Trinajstić information content (AvgIpc) is 2.51. The van der Waals surface area contributed by atoms with Crippen LogP contribution in [0.3, 0.4) is 0 Å². The van der Waals surface area contributed by atoms with E-state index >= 15 is 0 Å². The SMILES string of the molecule is C[C@@H](Cl)[C@@H](Cl)[C@H]([C@H](Cl)[C@@H](Cl)[C@H](Cl)CCCCCC/C=C/Cl)S(=O)(=O)O. The van der Waals surface area contributed by atoms with Crippen molar-refractivity contribution in [3.8, 4) is 0 Å². The van der Waals surface area contributed by atoms with Crippen LogP contribution in [0, 0.1) is 0 Å². The molecule has 0 amide bonds. The van der Waals surface area contributed by atoms with E-state index in [1.54, 1.807) is 0 Å². The van der Waals surface area contributed by atoms with Crippen LogP contribution in [-0.4, -0.2) is 45.1 Å². The number of rotatable bonds is 13. The van der Waals surface area contributed by atoms with Crippen molar-refractivity contribution in [2.45, 2.75) is 77.6 Å². The quantitative estimate of drug-likeness (QED) is 0.182. The highest BCUT2D eigenvalue weighted by atomic mass is 35.5. The number of allylic oxidation sites excluding steroid dienone is 1. The van der Waals surface area contributed by atoms with Gasteiger partial charge in [-0.25, -0.2) is 0 Å². The lowest BCUT2D eigenvalue weighted by Gasteiger charge is -2.30. The van der Waals surface area contributed by atoms with Gasteiger partial charge < -0.3 is 0 Å². The molecule has 0 aromatic heterocycles. The topological polar surface area (TPSA) is 54.4 Å². The fourth-order valence-corrected chi connectivity index (χ4v) is 5.85. The minimum absolute atomic E-state index is 0.550. The maximum atomic E-state index is 11.6. The zero-order valence-electron chi connectivity index (χ0n) is 13.8. The van der Waals surface area contributed by atoms with Gasteiger partial charge in [-0.2, -0.15) is 8.42 Å². The second kappa shape index (κ2) is 13.5. The Labute approximate surface area is 181 Å². The van der Waals surface area contributed by atoms with Crippen LogP contribution in [0.5, 0.6) is 0 Å². The molecule has 0 aromatic rings. The molecule has 3 nitrogen and oxygen atoms in total. The third-order valence-corrected chi connectivity index (χ3v) is 8.42. The van der Waals surface area contributed by atoms with E-state index in [1.807, 2.05) is 6.08 Å². The smallest absolute Gasteiger partial charge is 0.270 e. The molecule has 0 saturated heterocycles. The Hall–Kier alpha value is 1.39. The van der Waals surface area contributed by atoms with Crippen molar-refractivity contribution in [3.05, 3.63) is 11.6 Å². The van der Waals surface area contributed by atoms with Gasteiger partial charge in [0.2, 0.25) is 0 Å². The molecule has 10 heteroatoms. The second-order valence-corrected chi connectivity index (χ2v) is 10.4. The molecular weight excluding hydrogens is 473 g/mol. The van der Waals surface area contributed by atoms with Gasteiger partial charge in [-0.05, 0) is 26.2 Å². The van der Waals surface area contributed by atoms with Crippen LogP contribution < -0.4 is 0 Å². The summed E-state index contributed by atoms with van der Waals surface area (Å²) < 4.78 is 32.7. The van der Waals surface area contributed by atoms with Crippen LogP contribution in [0.2, 0.25) is 0 Å². The predicted molar refractivity (Wildman–Crippen MR) is 112 cm³/mol. The molecule has 0 aliphatic rings. The Morgan fingerprint density at radius 3 is 1.96 bits per heavy atom. The number of hydrogen-bond donors (Lipinski definition) is 1. The van der Waals surface area contributed by atoms with Gasteiger partial charge in [0, 0.05) is 10.9 Å². The summed E-state index contributed by atoms with van der Waals surface area (Å²) in [4.78, 5) is 0. The first-order chi connectivity index (χ1) is 11.5. The van der Waals surface area contributed by atoms with E-state index in [-0.39, 0.29) is 0 Å². The van der Waals surface area contributed by atoms with Crippen LogP contribution in [0.25, 0.3) is 0 Å². The van der Waals surface area contributed by atoms with Crippen molar-refractivity contribution in [3.63, 3.8) is 0 Å². The summed E-state index contributed by atoms with van der Waals surface area (Å²) in [6.45, 7) is 1.52. The van der Waals surface area contributed by atoms with Crippen molar-refractivity contribution in [1.29, 1.82) is 0 Å². The van der Waals surface area contributed by atoms with Crippen molar-refractivity contribution in [1.82, 2.24) is 0 Å². The normalized spacial score (nSPS) is 20.2. The van der Waals surface area contributed by atoms with Crippen molar-refractivity contribution in [2.24, 2.45) is 0 Å². The highest BCUT2D eigenvalue weighted by Crippen LogP contribution is 2.32. The Bertz CT molecular complexity index is 486. The highest BCUT2D eigenvalue weighted by Gasteiger charge is 2.44. The lowest BCUT2D eigenvalue weighted by Crippen LogP contribution is -2.47. The number of halogens is 6. The van der Waals surface area contributed by atoms with Crippen LogP contribution in [0.1, 0.15) is 45.4 Å². The molecule has 0 spiro atoms. The maximum absolute atomic E-state index is 11.6. The van der Waals surface area contributed by atoms with E-state index in [4.69, 9.17) is 69.6 Å². The fraction of sp³-hybridized carbons (Fsp3) is 0.867. The molecule has 0 aliphatic heterocycles. The van der Waals surface area contributed by atoms with Gasteiger partial charge in [-0.15, -0.1) is 58.0 Å². The summed E-state index contributed by atoms with van der Waals surface area (Å²) in [7, 11) is -4.53. The van der Waals surface area contributed by atoms with Crippen molar-refractivity contribution >= 4 is 79.7 Å². The summed E-state index contributed by atoms with van der Waals surface area (Å²) in [5.41, 5.74) is 1.50.